The van der Waals surface area contributed by atoms with E-state index in [1.165, 1.54) is 0 Å². The lowest BCUT2D eigenvalue weighted by Gasteiger charge is -2.39. The van der Waals surface area contributed by atoms with Crippen molar-refractivity contribution >= 4 is 17.3 Å². The zero-order chi connectivity index (χ0) is 26.4. The summed E-state index contributed by atoms with van der Waals surface area (Å²) in [5, 5.41) is 0. The number of hydrogen-bond donors (Lipinski definition) is 0. The van der Waals surface area contributed by atoms with Crippen molar-refractivity contribution in [2.45, 2.75) is 45.2 Å². The predicted octanol–water partition coefficient (Wildman–Crippen LogP) is 3.41. The average molecular weight is 505 g/mol. The lowest BCUT2D eigenvalue weighted by Crippen LogP contribution is -2.54. The van der Waals surface area contributed by atoms with Crippen molar-refractivity contribution in [3.05, 3.63) is 69.8 Å². The second kappa shape index (κ2) is 9.87. The van der Waals surface area contributed by atoms with Gasteiger partial charge >= 0.3 is 0 Å². The van der Waals surface area contributed by atoms with Crippen molar-refractivity contribution in [2.24, 2.45) is 0 Å². The minimum atomic E-state index is -0.696. The van der Waals surface area contributed by atoms with Gasteiger partial charge in [-0.15, -0.1) is 0 Å². The highest BCUT2D eigenvalue weighted by Crippen LogP contribution is 2.32. The van der Waals surface area contributed by atoms with E-state index in [-0.39, 0.29) is 17.3 Å². The molecule has 2 aliphatic heterocycles. The Morgan fingerprint density at radius 2 is 1.05 bits per heavy atom. The van der Waals surface area contributed by atoms with E-state index in [0.717, 1.165) is 11.1 Å². The van der Waals surface area contributed by atoms with E-state index < -0.39 is 11.1 Å². The van der Waals surface area contributed by atoms with Gasteiger partial charge in [0, 0.05) is 48.4 Å². The summed E-state index contributed by atoms with van der Waals surface area (Å²) in [4.78, 5) is 45.1. The number of Topliss-reactive ketones (excluding diaryl/α,β-unsaturated/α-hetero) is 2. The van der Waals surface area contributed by atoms with E-state index in [0.29, 0.717) is 81.3 Å². The zero-order valence-electron chi connectivity index (χ0n) is 22.3. The van der Waals surface area contributed by atoms with Crippen molar-refractivity contribution in [3.63, 3.8) is 0 Å². The molecule has 2 aromatic rings. The molecule has 7 heteroatoms. The summed E-state index contributed by atoms with van der Waals surface area (Å²) in [7, 11) is 0. The monoisotopic (exact) mass is 504 g/mol. The second-order valence-electron chi connectivity index (χ2n) is 11.2. The van der Waals surface area contributed by atoms with E-state index in [1.54, 1.807) is 12.1 Å². The largest absolute Gasteiger partial charge is 0.379 e. The average Bonchev–Trinajstić information content (AvgIpc) is 2.93. The van der Waals surface area contributed by atoms with Crippen LogP contribution in [0.4, 0.5) is 0 Å². The number of benzene rings is 2. The molecule has 0 unspecified atom stereocenters. The third-order valence-electron chi connectivity index (χ3n) is 8.33. The van der Waals surface area contributed by atoms with Gasteiger partial charge in [0.25, 0.3) is 0 Å². The quantitative estimate of drug-likeness (QED) is 0.476. The molecule has 0 saturated carbocycles. The maximum atomic E-state index is 13.7. The topological polar surface area (TPSA) is 76.2 Å². The van der Waals surface area contributed by atoms with Gasteiger partial charge in [0.05, 0.1) is 37.5 Å². The Hall–Kier alpha value is -2.71. The van der Waals surface area contributed by atoms with Crippen LogP contribution in [0.25, 0.3) is 0 Å². The fourth-order valence-corrected chi connectivity index (χ4v) is 5.76. The number of fused-ring (bicyclic) bond motifs is 2. The van der Waals surface area contributed by atoms with Crippen LogP contribution >= 0.6 is 0 Å². The van der Waals surface area contributed by atoms with Gasteiger partial charge in [-0.25, -0.2) is 0 Å². The molecule has 5 rings (SSSR count). The highest BCUT2D eigenvalue weighted by atomic mass is 16.5. The SMILES string of the molecule is CC(C)(C(=O)c1ccc2c(c1)C(=O)c1cc(C(=O)C(C)(C)N3CCOCC3)ccc1C2)N1CCOCC1. The van der Waals surface area contributed by atoms with Gasteiger partial charge in [0.15, 0.2) is 17.3 Å². The van der Waals surface area contributed by atoms with Crippen LogP contribution in [-0.2, 0) is 15.9 Å². The lowest BCUT2D eigenvalue weighted by molar-refractivity contribution is -0.00442. The fourth-order valence-electron chi connectivity index (χ4n) is 5.76. The van der Waals surface area contributed by atoms with Gasteiger partial charge in [-0.3, -0.25) is 24.2 Å². The van der Waals surface area contributed by atoms with Crippen molar-refractivity contribution in [3.8, 4) is 0 Å². The van der Waals surface area contributed by atoms with Crippen molar-refractivity contribution < 1.29 is 23.9 Å². The van der Waals surface area contributed by atoms with Crippen molar-refractivity contribution in [1.29, 1.82) is 0 Å². The third kappa shape index (κ3) is 4.70. The second-order valence-corrected chi connectivity index (χ2v) is 11.2. The van der Waals surface area contributed by atoms with E-state index >= 15 is 0 Å². The normalized spacial score (nSPS) is 19.3. The Morgan fingerprint density at radius 1 is 0.676 bits per heavy atom. The van der Waals surface area contributed by atoms with Crippen LogP contribution in [0.2, 0.25) is 0 Å². The van der Waals surface area contributed by atoms with Gasteiger partial charge in [0.1, 0.15) is 0 Å². The first kappa shape index (κ1) is 25.9. The van der Waals surface area contributed by atoms with Crippen LogP contribution in [0, 0.1) is 0 Å². The predicted molar refractivity (Wildman–Crippen MR) is 141 cm³/mol. The summed E-state index contributed by atoms with van der Waals surface area (Å²) < 4.78 is 10.9. The number of rotatable bonds is 6. The minimum Gasteiger partial charge on any atom is -0.379 e. The standard InChI is InChI=1S/C30H36N2O5/c1-29(2,31-9-13-36-14-10-31)27(34)22-7-5-20-17-21-6-8-23(19-25(21)26(33)24(20)18-22)28(35)30(3,4)32-11-15-37-16-12-32/h5-8,18-19H,9-17H2,1-4H3. The molecule has 0 spiro atoms. The molecule has 0 amide bonds. The Balaban J connectivity index is 1.42. The minimum absolute atomic E-state index is 0.00742. The Labute approximate surface area is 218 Å². The highest BCUT2D eigenvalue weighted by molar-refractivity contribution is 6.15. The zero-order valence-corrected chi connectivity index (χ0v) is 22.3. The highest BCUT2D eigenvalue weighted by Gasteiger charge is 2.38. The molecule has 2 heterocycles. The summed E-state index contributed by atoms with van der Waals surface area (Å²) in [6.07, 6.45) is 0.596. The van der Waals surface area contributed by atoms with Gasteiger partial charge < -0.3 is 9.47 Å². The molecule has 37 heavy (non-hydrogen) atoms. The molecule has 2 saturated heterocycles. The number of carbonyl (C=O) groups excluding carboxylic acids is 3. The number of morpholine rings is 2. The molecule has 2 aromatic carbocycles. The first-order valence-electron chi connectivity index (χ1n) is 13.2. The summed E-state index contributed by atoms with van der Waals surface area (Å²) in [6.45, 7) is 13.0. The number of carbonyl (C=O) groups is 3. The maximum absolute atomic E-state index is 13.7. The van der Waals surface area contributed by atoms with Crippen LogP contribution in [-0.4, -0.2) is 90.8 Å². The number of hydrogen-bond acceptors (Lipinski definition) is 7. The fraction of sp³-hybridized carbons (Fsp3) is 0.500. The van der Waals surface area contributed by atoms with E-state index in [1.807, 2.05) is 52.0 Å². The summed E-state index contributed by atoms with van der Waals surface area (Å²) >= 11 is 0. The van der Waals surface area contributed by atoms with E-state index in [4.69, 9.17) is 9.47 Å². The van der Waals surface area contributed by atoms with E-state index in [2.05, 4.69) is 9.80 Å². The Morgan fingerprint density at radius 3 is 1.43 bits per heavy atom. The third-order valence-corrected chi connectivity index (χ3v) is 8.33. The Kier molecular flexibility index (Phi) is 6.92. The molecule has 3 aliphatic rings. The summed E-state index contributed by atoms with van der Waals surface area (Å²) in [6, 6.07) is 11.0. The van der Waals surface area contributed by atoms with Gasteiger partial charge in [0.2, 0.25) is 0 Å². The van der Waals surface area contributed by atoms with Crippen molar-refractivity contribution in [1.82, 2.24) is 9.80 Å². The molecule has 0 aromatic heterocycles. The molecule has 196 valence electrons. The smallest absolute Gasteiger partial charge is 0.193 e. The van der Waals surface area contributed by atoms with Gasteiger partial charge in [-0.2, -0.15) is 0 Å². The van der Waals surface area contributed by atoms with Crippen LogP contribution in [0.1, 0.15) is 75.5 Å². The molecule has 0 N–H and O–H groups in total. The molecule has 1 aliphatic carbocycles. The first-order valence-corrected chi connectivity index (χ1v) is 13.2. The summed E-state index contributed by atoms with van der Waals surface area (Å²) in [5.74, 6) is -0.145. The van der Waals surface area contributed by atoms with Crippen LogP contribution in [0.5, 0.6) is 0 Å². The van der Waals surface area contributed by atoms with Crippen LogP contribution in [0.15, 0.2) is 36.4 Å². The maximum Gasteiger partial charge on any atom is 0.193 e. The van der Waals surface area contributed by atoms with Gasteiger partial charge in [-0.05, 0) is 57.4 Å². The molecular formula is C30H36N2O5. The van der Waals surface area contributed by atoms with Gasteiger partial charge in [-0.1, -0.05) is 24.3 Å². The van der Waals surface area contributed by atoms with Crippen molar-refractivity contribution in [2.75, 3.05) is 52.6 Å². The molecule has 2 fully saturated rings. The lowest BCUT2D eigenvalue weighted by atomic mass is 9.80. The first-order chi connectivity index (χ1) is 17.6. The summed E-state index contributed by atoms with van der Waals surface area (Å²) in [5.41, 5.74) is 2.59. The van der Waals surface area contributed by atoms with Crippen LogP contribution in [0.3, 0.4) is 0 Å². The molecular weight excluding hydrogens is 468 g/mol. The number of ether oxygens (including phenoxy) is 2. The number of nitrogens with zero attached hydrogens (tertiary/aromatic N) is 2. The molecule has 7 nitrogen and oxygen atoms in total. The molecule has 0 radical (unpaired) electrons. The molecule has 0 bridgehead atoms. The number of ketones is 3. The molecule has 0 atom stereocenters. The van der Waals surface area contributed by atoms with Crippen LogP contribution < -0.4 is 0 Å². The Bertz CT molecular complexity index is 1140. The van der Waals surface area contributed by atoms with E-state index in [9.17, 15) is 14.4 Å².